The predicted octanol–water partition coefficient (Wildman–Crippen LogP) is 1.46. The number of anilines is 1. The van der Waals surface area contributed by atoms with Crippen molar-refractivity contribution >= 4 is 27.8 Å². The zero-order valence-electron chi connectivity index (χ0n) is 13.9. The van der Waals surface area contributed by atoms with Gasteiger partial charge in [0.15, 0.2) is 5.82 Å². The van der Waals surface area contributed by atoms with Crippen molar-refractivity contribution in [1.82, 2.24) is 15.0 Å². The fraction of sp³-hybridized carbons (Fsp3) is 0.412. The minimum atomic E-state index is 0.830. The lowest BCUT2D eigenvalue weighted by Gasteiger charge is -2.15. The summed E-state index contributed by atoms with van der Waals surface area (Å²) < 4.78 is 5.31. The molecule has 0 aliphatic rings. The van der Waals surface area contributed by atoms with E-state index in [0.29, 0.717) is 0 Å². The van der Waals surface area contributed by atoms with Crippen LogP contribution in [0.2, 0.25) is 0 Å². The van der Waals surface area contributed by atoms with Crippen molar-refractivity contribution in [3.63, 3.8) is 0 Å². The maximum absolute atomic E-state index is 5.31. The number of nitrogens with zero attached hydrogens (tertiary/aromatic N) is 2. The Morgan fingerprint density at radius 3 is 2.78 bits per heavy atom. The summed E-state index contributed by atoms with van der Waals surface area (Å²) in [5.41, 5.74) is 2.91. The number of quaternary nitrogens is 1. The molecular weight excluding hydrogens is 290 g/mol. The number of rotatable bonds is 7. The molecule has 0 aliphatic heterocycles. The van der Waals surface area contributed by atoms with E-state index in [9.17, 15) is 0 Å². The van der Waals surface area contributed by atoms with Crippen LogP contribution in [0.5, 0.6) is 5.75 Å². The summed E-state index contributed by atoms with van der Waals surface area (Å²) in [7, 11) is 1.67. The molecule has 0 bridgehead atoms. The molecule has 0 fully saturated rings. The van der Waals surface area contributed by atoms with Crippen molar-refractivity contribution < 1.29 is 9.64 Å². The quantitative estimate of drug-likeness (QED) is 0.617. The van der Waals surface area contributed by atoms with Crippen LogP contribution < -0.4 is 15.0 Å². The molecule has 0 saturated heterocycles. The minimum absolute atomic E-state index is 0.830. The Balaban J connectivity index is 1.89. The molecule has 23 heavy (non-hydrogen) atoms. The monoisotopic (exact) mass is 314 g/mol. The number of fused-ring (bicyclic) bond motifs is 3. The molecule has 2 heterocycles. The first kappa shape index (κ1) is 15.6. The Labute approximate surface area is 135 Å². The van der Waals surface area contributed by atoms with Crippen LogP contribution in [0.1, 0.15) is 13.8 Å². The van der Waals surface area contributed by atoms with E-state index in [2.05, 4.69) is 34.1 Å². The lowest BCUT2D eigenvalue weighted by atomic mass is 10.2. The molecule has 0 aliphatic carbocycles. The van der Waals surface area contributed by atoms with Crippen LogP contribution in [-0.2, 0) is 0 Å². The number of aromatic nitrogens is 3. The van der Waals surface area contributed by atoms with Gasteiger partial charge < -0.3 is 19.9 Å². The summed E-state index contributed by atoms with van der Waals surface area (Å²) in [4.78, 5) is 13.8. The number of methoxy groups -OCH3 is 1. The smallest absolute Gasteiger partial charge is 0.154 e. The van der Waals surface area contributed by atoms with Gasteiger partial charge >= 0.3 is 0 Å². The number of H-pyrrole nitrogens is 1. The van der Waals surface area contributed by atoms with Crippen LogP contribution in [0.3, 0.4) is 0 Å². The number of nitrogens with one attached hydrogen (secondary N) is 3. The highest BCUT2D eigenvalue weighted by molar-refractivity contribution is 6.08. The first-order valence-corrected chi connectivity index (χ1v) is 8.14. The number of aromatic amines is 1. The van der Waals surface area contributed by atoms with E-state index >= 15 is 0 Å². The Kier molecular flexibility index (Phi) is 4.62. The number of hydrogen-bond acceptors (Lipinski definition) is 4. The third-order valence-corrected chi connectivity index (χ3v) is 4.36. The largest absolute Gasteiger partial charge is 0.497 e. The molecule has 122 valence electrons. The van der Waals surface area contributed by atoms with Crippen LogP contribution in [0, 0.1) is 0 Å². The van der Waals surface area contributed by atoms with Gasteiger partial charge in [-0.15, -0.1) is 0 Å². The van der Waals surface area contributed by atoms with Gasteiger partial charge in [-0.3, -0.25) is 0 Å². The maximum atomic E-state index is 5.31. The van der Waals surface area contributed by atoms with Gasteiger partial charge in [-0.25, -0.2) is 9.97 Å². The van der Waals surface area contributed by atoms with Crippen LogP contribution in [0.4, 0.5) is 5.82 Å². The second-order valence-electron chi connectivity index (χ2n) is 5.62. The highest BCUT2D eigenvalue weighted by Crippen LogP contribution is 2.29. The molecule has 0 radical (unpaired) electrons. The van der Waals surface area contributed by atoms with E-state index in [1.54, 1.807) is 18.3 Å². The standard InChI is InChI=1S/C17H23N5O/c1-4-22(5-2)9-8-18-17-16-15(19-11-20-17)13-10-12(23-3)6-7-14(13)21-16/h6-7,10-11,21H,4-5,8-9H2,1-3H3,(H,18,19,20)/p+1. The van der Waals surface area contributed by atoms with E-state index < -0.39 is 0 Å². The third-order valence-electron chi connectivity index (χ3n) is 4.36. The Hall–Kier alpha value is -2.34. The van der Waals surface area contributed by atoms with Gasteiger partial charge in [-0.05, 0) is 32.0 Å². The van der Waals surface area contributed by atoms with Crippen molar-refractivity contribution in [3.05, 3.63) is 24.5 Å². The molecule has 0 saturated carbocycles. The molecule has 6 heteroatoms. The Morgan fingerprint density at radius 1 is 1.22 bits per heavy atom. The van der Waals surface area contributed by atoms with Gasteiger partial charge in [0, 0.05) is 10.9 Å². The van der Waals surface area contributed by atoms with Crippen LogP contribution in [0.25, 0.3) is 21.9 Å². The van der Waals surface area contributed by atoms with Gasteiger partial charge in [0.25, 0.3) is 0 Å². The topological polar surface area (TPSA) is 67.3 Å². The number of ether oxygens (including phenoxy) is 1. The average molecular weight is 314 g/mol. The summed E-state index contributed by atoms with van der Waals surface area (Å²) >= 11 is 0. The van der Waals surface area contributed by atoms with Crippen LogP contribution >= 0.6 is 0 Å². The summed E-state index contributed by atoms with van der Waals surface area (Å²) in [6.07, 6.45) is 1.61. The molecule has 1 aromatic carbocycles. The minimum Gasteiger partial charge on any atom is -0.497 e. The second kappa shape index (κ2) is 6.83. The number of hydrogen-bond donors (Lipinski definition) is 3. The molecule has 3 aromatic rings. The summed E-state index contributed by atoms with van der Waals surface area (Å²) in [6, 6.07) is 5.96. The maximum Gasteiger partial charge on any atom is 0.154 e. The highest BCUT2D eigenvalue weighted by atomic mass is 16.5. The zero-order valence-corrected chi connectivity index (χ0v) is 13.9. The number of likely N-dealkylation sites (N-methyl/N-ethyl adjacent to an activating group) is 1. The third kappa shape index (κ3) is 3.07. The fourth-order valence-electron chi connectivity index (χ4n) is 2.89. The first-order chi connectivity index (χ1) is 11.3. The molecule has 3 N–H and O–H groups in total. The van der Waals surface area contributed by atoms with Crippen LogP contribution in [0.15, 0.2) is 24.5 Å². The first-order valence-electron chi connectivity index (χ1n) is 8.14. The van der Waals surface area contributed by atoms with Crippen molar-refractivity contribution in [3.8, 4) is 5.75 Å². The van der Waals surface area contributed by atoms with Gasteiger partial charge in [-0.1, -0.05) is 0 Å². The fourth-order valence-corrected chi connectivity index (χ4v) is 2.89. The summed E-state index contributed by atoms with van der Waals surface area (Å²) in [5, 5.41) is 4.50. The van der Waals surface area contributed by atoms with Gasteiger partial charge in [0.1, 0.15) is 23.1 Å². The Bertz CT molecular complexity index is 794. The van der Waals surface area contributed by atoms with Crippen LogP contribution in [-0.4, -0.2) is 48.2 Å². The lowest BCUT2D eigenvalue weighted by molar-refractivity contribution is -0.894. The molecule has 0 atom stereocenters. The van der Waals surface area contributed by atoms with Gasteiger partial charge in [0.2, 0.25) is 0 Å². The Morgan fingerprint density at radius 2 is 2.04 bits per heavy atom. The summed E-state index contributed by atoms with van der Waals surface area (Å²) in [5.74, 6) is 1.69. The van der Waals surface area contributed by atoms with Crippen molar-refractivity contribution in [2.24, 2.45) is 0 Å². The average Bonchev–Trinajstić information content (AvgIpc) is 2.97. The lowest BCUT2D eigenvalue weighted by Crippen LogP contribution is -3.12. The van der Waals surface area contributed by atoms with E-state index in [4.69, 9.17) is 4.74 Å². The molecule has 0 unspecified atom stereocenters. The van der Waals surface area contributed by atoms with E-state index in [0.717, 1.165) is 59.7 Å². The zero-order chi connectivity index (χ0) is 16.2. The normalized spacial score (nSPS) is 11.5. The molecular formula is C17H24N5O+. The molecule has 6 nitrogen and oxygen atoms in total. The SMILES string of the molecule is CC[NH+](CC)CCNc1ncnc2c1[nH]c1ccc(OC)cc12. The van der Waals surface area contributed by atoms with E-state index in [-0.39, 0.29) is 0 Å². The van der Waals surface area contributed by atoms with Gasteiger partial charge in [0.05, 0.1) is 33.3 Å². The molecule has 0 spiro atoms. The molecule has 3 rings (SSSR count). The second-order valence-corrected chi connectivity index (χ2v) is 5.62. The van der Waals surface area contributed by atoms with Crippen molar-refractivity contribution in [1.29, 1.82) is 0 Å². The predicted molar refractivity (Wildman–Crippen MR) is 93.3 cm³/mol. The van der Waals surface area contributed by atoms with Crippen molar-refractivity contribution in [2.45, 2.75) is 13.8 Å². The summed E-state index contributed by atoms with van der Waals surface area (Å²) in [6.45, 7) is 8.68. The highest BCUT2D eigenvalue weighted by Gasteiger charge is 2.11. The van der Waals surface area contributed by atoms with E-state index in [1.807, 2.05) is 18.2 Å². The van der Waals surface area contributed by atoms with E-state index in [1.165, 1.54) is 0 Å². The van der Waals surface area contributed by atoms with Crippen molar-refractivity contribution in [2.75, 3.05) is 38.6 Å². The molecule has 2 aromatic heterocycles. The molecule has 0 amide bonds. The van der Waals surface area contributed by atoms with Gasteiger partial charge in [-0.2, -0.15) is 0 Å². The number of benzene rings is 1.